The van der Waals surface area contributed by atoms with Crippen molar-refractivity contribution < 1.29 is 14.4 Å². The molecule has 0 unspecified atom stereocenters. The average molecular weight is 326 g/mol. The van der Waals surface area contributed by atoms with Crippen molar-refractivity contribution in [2.75, 3.05) is 0 Å². The molecule has 0 heterocycles. The van der Waals surface area contributed by atoms with Crippen LogP contribution in [0.4, 0.5) is 0 Å². The number of allylic oxidation sites excluding steroid dienone is 4. The van der Waals surface area contributed by atoms with E-state index in [0.29, 0.717) is 24.0 Å². The van der Waals surface area contributed by atoms with Gasteiger partial charge in [-0.2, -0.15) is 0 Å². The van der Waals surface area contributed by atoms with Gasteiger partial charge in [-0.25, -0.2) is 0 Å². The van der Waals surface area contributed by atoms with Crippen molar-refractivity contribution in [3.8, 4) is 0 Å². The van der Waals surface area contributed by atoms with Gasteiger partial charge in [0, 0.05) is 23.7 Å². The predicted octanol–water partition coefficient (Wildman–Crippen LogP) is 3.68. The van der Waals surface area contributed by atoms with E-state index in [-0.39, 0.29) is 34.2 Å². The van der Waals surface area contributed by atoms with Gasteiger partial charge >= 0.3 is 0 Å². The smallest absolute Gasteiger partial charge is 0.178 e. The maximum Gasteiger partial charge on any atom is 0.178 e. The number of rotatable bonds is 1. The Morgan fingerprint density at radius 1 is 1.21 bits per heavy atom. The SMILES string of the molecule is CC(=O)[C@H]1CC(=O)[C@H]2[C@@H]3CCC4=CC(=O)C=C[C@]4(C)[C@H]3CC[C@]12C. The number of hydrogen-bond acceptors (Lipinski definition) is 3. The van der Waals surface area contributed by atoms with Crippen LogP contribution >= 0.6 is 0 Å². The highest BCUT2D eigenvalue weighted by Gasteiger charge is 2.62. The minimum atomic E-state index is -0.157. The van der Waals surface area contributed by atoms with Crippen molar-refractivity contribution in [1.82, 2.24) is 0 Å². The molecule has 6 atom stereocenters. The third kappa shape index (κ3) is 1.93. The Kier molecular flexibility index (Phi) is 3.33. The first kappa shape index (κ1) is 16.0. The predicted molar refractivity (Wildman–Crippen MR) is 91.2 cm³/mol. The van der Waals surface area contributed by atoms with Crippen molar-refractivity contribution in [2.45, 2.75) is 52.9 Å². The fraction of sp³-hybridized carbons (Fsp3) is 0.667. The Labute approximate surface area is 143 Å². The number of Topliss-reactive ketones (excluding diaryl/α,β-unsaturated/α-hetero) is 2. The molecule has 3 saturated carbocycles. The van der Waals surface area contributed by atoms with Crippen LogP contribution in [0.25, 0.3) is 0 Å². The molecule has 0 bridgehead atoms. The van der Waals surface area contributed by atoms with Gasteiger partial charge in [0.2, 0.25) is 0 Å². The van der Waals surface area contributed by atoms with E-state index in [9.17, 15) is 14.4 Å². The molecule has 3 heteroatoms. The van der Waals surface area contributed by atoms with Crippen LogP contribution in [0.5, 0.6) is 0 Å². The lowest BCUT2D eigenvalue weighted by Crippen LogP contribution is -2.51. The zero-order chi connectivity index (χ0) is 17.3. The molecule has 0 aromatic rings. The van der Waals surface area contributed by atoms with Gasteiger partial charge in [-0.05, 0) is 62.0 Å². The highest BCUT2D eigenvalue weighted by Crippen LogP contribution is 2.65. The molecular formula is C21H26O3. The van der Waals surface area contributed by atoms with Crippen LogP contribution in [0.2, 0.25) is 0 Å². The minimum Gasteiger partial charge on any atom is -0.300 e. The summed E-state index contributed by atoms with van der Waals surface area (Å²) in [5.41, 5.74) is 0.996. The Morgan fingerprint density at radius 3 is 2.67 bits per heavy atom. The average Bonchev–Trinajstić information content (AvgIpc) is 2.80. The summed E-state index contributed by atoms with van der Waals surface area (Å²) in [7, 11) is 0. The highest BCUT2D eigenvalue weighted by molar-refractivity contribution is 6.01. The van der Waals surface area contributed by atoms with Gasteiger partial charge in [-0.1, -0.05) is 25.5 Å². The molecule has 0 saturated heterocycles. The van der Waals surface area contributed by atoms with Crippen LogP contribution < -0.4 is 0 Å². The first-order valence-corrected chi connectivity index (χ1v) is 9.25. The van der Waals surface area contributed by atoms with Gasteiger partial charge in [0.05, 0.1) is 0 Å². The maximum absolute atomic E-state index is 12.9. The quantitative estimate of drug-likeness (QED) is 0.738. The van der Waals surface area contributed by atoms with Gasteiger partial charge in [-0.3, -0.25) is 14.4 Å². The summed E-state index contributed by atoms with van der Waals surface area (Å²) in [5.74, 6) is 1.26. The summed E-state index contributed by atoms with van der Waals surface area (Å²) >= 11 is 0. The Bertz CT molecular complexity index is 700. The Hall–Kier alpha value is -1.51. The largest absolute Gasteiger partial charge is 0.300 e. The topological polar surface area (TPSA) is 51.2 Å². The zero-order valence-electron chi connectivity index (χ0n) is 14.8. The molecule has 4 aliphatic rings. The van der Waals surface area contributed by atoms with Crippen molar-refractivity contribution in [3.63, 3.8) is 0 Å². The van der Waals surface area contributed by atoms with E-state index >= 15 is 0 Å². The molecule has 4 rings (SSSR count). The molecule has 0 radical (unpaired) electrons. The summed E-state index contributed by atoms with van der Waals surface area (Å²) in [6.45, 7) is 6.07. The third-order valence-electron chi connectivity index (χ3n) is 7.81. The van der Waals surface area contributed by atoms with Crippen molar-refractivity contribution in [1.29, 1.82) is 0 Å². The zero-order valence-corrected chi connectivity index (χ0v) is 14.8. The van der Waals surface area contributed by atoms with Gasteiger partial charge in [-0.15, -0.1) is 0 Å². The molecular weight excluding hydrogens is 300 g/mol. The fourth-order valence-electron chi connectivity index (χ4n) is 6.60. The molecule has 0 aromatic carbocycles. The van der Waals surface area contributed by atoms with E-state index in [1.54, 1.807) is 13.0 Å². The van der Waals surface area contributed by atoms with Gasteiger partial charge in [0.1, 0.15) is 11.6 Å². The van der Waals surface area contributed by atoms with Crippen LogP contribution in [0.3, 0.4) is 0 Å². The maximum atomic E-state index is 12.9. The summed E-state index contributed by atoms with van der Waals surface area (Å²) in [5, 5.41) is 0. The molecule has 0 amide bonds. The lowest BCUT2D eigenvalue weighted by molar-refractivity contribution is -0.131. The number of fused-ring (bicyclic) bond motifs is 5. The van der Waals surface area contributed by atoms with Gasteiger partial charge in [0.15, 0.2) is 5.78 Å². The van der Waals surface area contributed by atoms with E-state index in [4.69, 9.17) is 0 Å². The standard InChI is InChI=1S/C21H26O3/c1-12(22)17-11-18(24)19-15-5-4-13-10-14(23)6-8-20(13,2)16(15)7-9-21(17,19)3/h6,8,10,15-17,19H,4-5,7,9,11H2,1-3H3/t15-,16+,17-,19-,20+,21-/m1/s1. The van der Waals surface area contributed by atoms with E-state index < -0.39 is 0 Å². The summed E-state index contributed by atoms with van der Waals surface area (Å²) in [6, 6.07) is 0. The molecule has 3 nitrogen and oxygen atoms in total. The van der Waals surface area contributed by atoms with Crippen LogP contribution in [0, 0.1) is 34.5 Å². The second-order valence-corrected chi connectivity index (χ2v) is 8.85. The highest BCUT2D eigenvalue weighted by atomic mass is 16.1. The molecule has 4 aliphatic carbocycles. The van der Waals surface area contributed by atoms with Crippen LogP contribution in [0.1, 0.15) is 52.9 Å². The van der Waals surface area contributed by atoms with Crippen molar-refractivity contribution in [2.24, 2.45) is 34.5 Å². The van der Waals surface area contributed by atoms with Crippen molar-refractivity contribution in [3.05, 3.63) is 23.8 Å². The third-order valence-corrected chi connectivity index (χ3v) is 7.81. The van der Waals surface area contributed by atoms with E-state index in [0.717, 1.165) is 25.7 Å². The van der Waals surface area contributed by atoms with Crippen molar-refractivity contribution >= 4 is 17.3 Å². The first-order valence-electron chi connectivity index (χ1n) is 9.25. The second-order valence-electron chi connectivity index (χ2n) is 8.85. The van der Waals surface area contributed by atoms with E-state index in [1.807, 2.05) is 6.08 Å². The molecule has 0 spiro atoms. The Balaban J connectivity index is 1.73. The minimum absolute atomic E-state index is 0.0227. The van der Waals surface area contributed by atoms with Crippen LogP contribution in [-0.4, -0.2) is 17.3 Å². The monoisotopic (exact) mass is 326 g/mol. The number of carbonyl (C=O) groups excluding carboxylic acids is 3. The summed E-state index contributed by atoms with van der Waals surface area (Å²) in [4.78, 5) is 36.8. The summed E-state index contributed by atoms with van der Waals surface area (Å²) in [6.07, 6.45) is 9.91. The molecule has 0 N–H and O–H groups in total. The molecule has 0 aromatic heterocycles. The van der Waals surface area contributed by atoms with Crippen LogP contribution in [0.15, 0.2) is 23.8 Å². The first-order chi connectivity index (χ1) is 11.3. The Morgan fingerprint density at radius 2 is 1.96 bits per heavy atom. The van der Waals surface area contributed by atoms with Gasteiger partial charge < -0.3 is 0 Å². The summed E-state index contributed by atoms with van der Waals surface area (Å²) < 4.78 is 0. The molecule has 128 valence electrons. The van der Waals surface area contributed by atoms with E-state index in [2.05, 4.69) is 19.9 Å². The number of carbonyl (C=O) groups is 3. The lowest BCUT2D eigenvalue weighted by atomic mass is 9.47. The van der Waals surface area contributed by atoms with Crippen LogP contribution in [-0.2, 0) is 14.4 Å². The van der Waals surface area contributed by atoms with Gasteiger partial charge in [0.25, 0.3) is 0 Å². The number of hydrogen-bond donors (Lipinski definition) is 0. The fourth-order valence-corrected chi connectivity index (χ4v) is 6.60. The lowest BCUT2D eigenvalue weighted by Gasteiger charge is -2.56. The number of ketones is 3. The molecule has 24 heavy (non-hydrogen) atoms. The normalized spacial score (nSPS) is 46.9. The molecule has 0 aliphatic heterocycles. The van der Waals surface area contributed by atoms with E-state index in [1.165, 1.54) is 5.57 Å². The molecule has 3 fully saturated rings. The second kappa shape index (κ2) is 5.00.